The van der Waals surface area contributed by atoms with Crippen molar-refractivity contribution in [2.24, 2.45) is 11.5 Å². The third-order valence-corrected chi connectivity index (χ3v) is 1.59. The van der Waals surface area contributed by atoms with Gasteiger partial charge in [-0.05, 0) is 6.08 Å². The third kappa shape index (κ3) is 1.50. The van der Waals surface area contributed by atoms with Crippen molar-refractivity contribution in [2.45, 2.75) is 11.8 Å². The van der Waals surface area contributed by atoms with E-state index in [9.17, 15) is 0 Å². The van der Waals surface area contributed by atoms with Crippen LogP contribution in [0.1, 0.15) is 0 Å². The van der Waals surface area contributed by atoms with Crippen molar-refractivity contribution >= 4 is 0 Å². The number of allylic oxidation sites excluding steroid dienone is 2. The fraction of sp³-hybridized carbons (Fsp3) is 0.250. The molecule has 60 valence electrons. The van der Waals surface area contributed by atoms with Gasteiger partial charge in [0.25, 0.3) is 0 Å². The Morgan fingerprint density at radius 3 is 2.82 bits per heavy atom. The van der Waals surface area contributed by atoms with Crippen LogP contribution in [0.4, 0.5) is 0 Å². The highest BCUT2D eigenvalue weighted by molar-refractivity contribution is 5.23. The normalized spacial score (nSPS) is 35.3. The fourth-order valence-corrected chi connectivity index (χ4v) is 0.914. The van der Waals surface area contributed by atoms with Crippen molar-refractivity contribution in [3.8, 4) is 0 Å². The van der Waals surface area contributed by atoms with Gasteiger partial charge in [-0.2, -0.15) is 0 Å². The predicted molar refractivity (Wildman–Crippen MR) is 44.5 cm³/mol. The minimum absolute atomic E-state index is 0.314. The van der Waals surface area contributed by atoms with E-state index >= 15 is 0 Å². The molecule has 1 aliphatic rings. The Balaban J connectivity index is 2.76. The van der Waals surface area contributed by atoms with Crippen LogP contribution < -0.4 is 11.5 Å². The van der Waals surface area contributed by atoms with Gasteiger partial charge < -0.3 is 10.5 Å². The van der Waals surface area contributed by atoms with Gasteiger partial charge >= 0.3 is 0 Å². The predicted octanol–water partition coefficient (Wildman–Crippen LogP) is 0.255. The van der Waals surface area contributed by atoms with Gasteiger partial charge in [-0.1, -0.05) is 24.8 Å². The molecule has 0 radical (unpaired) electrons. The number of ether oxygens (including phenoxy) is 1. The van der Waals surface area contributed by atoms with Crippen molar-refractivity contribution in [3.63, 3.8) is 0 Å². The molecule has 3 nitrogen and oxygen atoms in total. The molecule has 1 rings (SSSR count). The molecule has 4 N–H and O–H groups in total. The van der Waals surface area contributed by atoms with Crippen LogP contribution in [0.3, 0.4) is 0 Å². The fourth-order valence-electron chi connectivity index (χ4n) is 0.914. The monoisotopic (exact) mass is 152 g/mol. The van der Waals surface area contributed by atoms with Gasteiger partial charge in [-0.3, -0.25) is 5.73 Å². The Morgan fingerprint density at radius 2 is 2.27 bits per heavy atom. The lowest BCUT2D eigenvalue weighted by molar-refractivity contribution is 0.0618. The van der Waals surface area contributed by atoms with Gasteiger partial charge in [0.2, 0.25) is 0 Å². The second kappa shape index (κ2) is 2.90. The van der Waals surface area contributed by atoms with E-state index in [4.69, 9.17) is 16.2 Å². The molecule has 0 fully saturated rings. The van der Waals surface area contributed by atoms with Crippen LogP contribution >= 0.6 is 0 Å². The van der Waals surface area contributed by atoms with E-state index < -0.39 is 5.72 Å². The van der Waals surface area contributed by atoms with Crippen LogP contribution in [-0.2, 0) is 4.74 Å². The maximum absolute atomic E-state index is 5.76. The molecule has 0 aliphatic heterocycles. The summed E-state index contributed by atoms with van der Waals surface area (Å²) in [5.41, 5.74) is 10.5. The van der Waals surface area contributed by atoms with Gasteiger partial charge in [0, 0.05) is 0 Å². The van der Waals surface area contributed by atoms with Crippen LogP contribution in [0.5, 0.6) is 0 Å². The second-order valence-electron chi connectivity index (χ2n) is 2.41. The molecule has 0 aromatic carbocycles. The Kier molecular flexibility index (Phi) is 2.12. The Labute approximate surface area is 66.0 Å². The molecule has 3 heteroatoms. The summed E-state index contributed by atoms with van der Waals surface area (Å²) in [6.07, 6.45) is 8.42. The van der Waals surface area contributed by atoms with E-state index in [-0.39, 0.29) is 6.04 Å². The quantitative estimate of drug-likeness (QED) is 0.440. The maximum atomic E-state index is 5.76. The van der Waals surface area contributed by atoms with Crippen LogP contribution in [0.15, 0.2) is 37.1 Å². The molecule has 11 heavy (non-hydrogen) atoms. The van der Waals surface area contributed by atoms with Crippen molar-refractivity contribution < 1.29 is 4.74 Å². The van der Waals surface area contributed by atoms with Gasteiger partial charge in [-0.15, -0.1) is 0 Å². The highest BCUT2D eigenvalue weighted by Crippen LogP contribution is 2.14. The minimum Gasteiger partial charge on any atom is -0.476 e. The van der Waals surface area contributed by atoms with Crippen LogP contribution in [-0.4, -0.2) is 11.8 Å². The highest BCUT2D eigenvalue weighted by Gasteiger charge is 2.30. The summed E-state index contributed by atoms with van der Waals surface area (Å²) in [6, 6.07) is -0.314. The van der Waals surface area contributed by atoms with Crippen molar-refractivity contribution in [1.82, 2.24) is 0 Å². The molecular formula is C8H12N2O. The SMILES string of the molecule is C=COC1(N)C=CC=CC1N. The minimum atomic E-state index is -0.920. The van der Waals surface area contributed by atoms with Crippen molar-refractivity contribution in [2.75, 3.05) is 0 Å². The van der Waals surface area contributed by atoms with Crippen LogP contribution in [0.2, 0.25) is 0 Å². The first kappa shape index (κ1) is 8.04. The zero-order valence-electron chi connectivity index (χ0n) is 6.23. The Morgan fingerprint density at radius 1 is 1.55 bits per heavy atom. The first-order chi connectivity index (χ1) is 5.19. The topological polar surface area (TPSA) is 61.3 Å². The molecular weight excluding hydrogens is 140 g/mol. The summed E-state index contributed by atoms with van der Waals surface area (Å²) in [7, 11) is 0. The second-order valence-corrected chi connectivity index (χ2v) is 2.41. The summed E-state index contributed by atoms with van der Waals surface area (Å²) in [4.78, 5) is 0. The van der Waals surface area contributed by atoms with E-state index in [0.717, 1.165) is 0 Å². The lowest BCUT2D eigenvalue weighted by Gasteiger charge is -2.31. The van der Waals surface area contributed by atoms with E-state index in [2.05, 4.69) is 6.58 Å². The van der Waals surface area contributed by atoms with Gasteiger partial charge in [-0.25, -0.2) is 0 Å². The molecule has 2 unspecified atom stereocenters. The zero-order chi connectivity index (χ0) is 8.32. The largest absolute Gasteiger partial charge is 0.476 e. The van der Waals surface area contributed by atoms with Crippen LogP contribution in [0, 0.1) is 0 Å². The lowest BCUT2D eigenvalue weighted by Crippen LogP contribution is -2.54. The number of nitrogens with two attached hydrogens (primary N) is 2. The molecule has 2 atom stereocenters. The average molecular weight is 152 g/mol. The standard InChI is InChI=1S/C8H12N2O/c1-2-11-8(10)6-4-3-5-7(8)9/h2-7H,1,9-10H2. The first-order valence-corrected chi connectivity index (χ1v) is 3.38. The van der Waals surface area contributed by atoms with Crippen molar-refractivity contribution in [1.29, 1.82) is 0 Å². The molecule has 0 saturated heterocycles. The van der Waals surface area contributed by atoms with Gasteiger partial charge in [0.15, 0.2) is 5.72 Å². The number of hydrogen-bond acceptors (Lipinski definition) is 3. The molecule has 0 aromatic rings. The number of hydrogen-bond donors (Lipinski definition) is 2. The molecule has 0 amide bonds. The van der Waals surface area contributed by atoms with Gasteiger partial charge in [0.05, 0.1) is 12.3 Å². The smallest absolute Gasteiger partial charge is 0.195 e. The summed E-state index contributed by atoms with van der Waals surface area (Å²) in [6.45, 7) is 3.42. The van der Waals surface area contributed by atoms with Crippen LogP contribution in [0.25, 0.3) is 0 Å². The molecule has 0 bridgehead atoms. The summed E-state index contributed by atoms with van der Waals surface area (Å²) < 4.78 is 5.06. The molecule has 0 aromatic heterocycles. The van der Waals surface area contributed by atoms with Crippen molar-refractivity contribution in [3.05, 3.63) is 37.1 Å². The third-order valence-electron chi connectivity index (χ3n) is 1.59. The molecule has 1 aliphatic carbocycles. The zero-order valence-corrected chi connectivity index (χ0v) is 6.23. The van der Waals surface area contributed by atoms with E-state index in [1.54, 1.807) is 18.2 Å². The van der Waals surface area contributed by atoms with Gasteiger partial charge in [0.1, 0.15) is 0 Å². The summed E-state index contributed by atoms with van der Waals surface area (Å²) >= 11 is 0. The summed E-state index contributed by atoms with van der Waals surface area (Å²) in [5, 5.41) is 0. The molecule has 0 heterocycles. The Hall–Kier alpha value is -1.06. The molecule has 0 saturated carbocycles. The molecule has 0 spiro atoms. The number of rotatable bonds is 2. The summed E-state index contributed by atoms with van der Waals surface area (Å²) in [5.74, 6) is 0. The van der Waals surface area contributed by atoms with E-state index in [0.29, 0.717) is 0 Å². The van der Waals surface area contributed by atoms with E-state index in [1.165, 1.54) is 6.26 Å². The average Bonchev–Trinajstić information content (AvgIpc) is 1.96. The maximum Gasteiger partial charge on any atom is 0.195 e. The Bertz CT molecular complexity index is 210. The first-order valence-electron chi connectivity index (χ1n) is 3.38. The highest BCUT2D eigenvalue weighted by atomic mass is 16.5. The van der Waals surface area contributed by atoms with E-state index in [1.807, 2.05) is 6.08 Å². The lowest BCUT2D eigenvalue weighted by atomic mass is 10.0.